The van der Waals surface area contributed by atoms with Crippen molar-refractivity contribution < 1.29 is 22.7 Å². The molecule has 0 unspecified atom stereocenters. The van der Waals surface area contributed by atoms with Crippen LogP contribution in [0.2, 0.25) is 0 Å². The average molecular weight is 447 g/mol. The number of carbonyl (C=O) groups is 1. The van der Waals surface area contributed by atoms with E-state index in [1.807, 2.05) is 0 Å². The molecule has 0 bridgehead atoms. The number of hydrogen-bond acceptors (Lipinski definition) is 6. The van der Waals surface area contributed by atoms with E-state index in [-0.39, 0.29) is 36.1 Å². The number of amidine groups is 1. The van der Waals surface area contributed by atoms with Gasteiger partial charge >= 0.3 is 0 Å². The van der Waals surface area contributed by atoms with Gasteiger partial charge in [0, 0.05) is 37.8 Å². The third-order valence-electron chi connectivity index (χ3n) is 5.20. The van der Waals surface area contributed by atoms with Gasteiger partial charge in [-0.3, -0.25) is 10.2 Å². The summed E-state index contributed by atoms with van der Waals surface area (Å²) in [5, 5.41) is 7.42. The molecule has 0 saturated carbocycles. The van der Waals surface area contributed by atoms with Crippen LogP contribution in [-0.4, -0.2) is 69.8 Å². The van der Waals surface area contributed by atoms with Crippen molar-refractivity contribution in [2.24, 2.45) is 5.73 Å². The number of carbonyl (C=O) groups excluding carboxylic acids is 1. The van der Waals surface area contributed by atoms with E-state index in [9.17, 15) is 13.2 Å². The van der Waals surface area contributed by atoms with Crippen LogP contribution in [0.4, 0.5) is 0 Å². The second-order valence-corrected chi connectivity index (χ2v) is 9.03. The topological polar surface area (TPSA) is 126 Å². The Kier molecular flexibility index (Phi) is 6.81. The highest BCUT2D eigenvalue weighted by atomic mass is 32.2. The minimum atomic E-state index is -3.71. The molecule has 0 aromatic heterocycles. The number of nitrogens with two attached hydrogens (primary N) is 1. The molecule has 10 heteroatoms. The van der Waals surface area contributed by atoms with Gasteiger partial charge in [0.1, 0.15) is 5.84 Å². The fourth-order valence-corrected chi connectivity index (χ4v) is 4.83. The number of ether oxygens (including phenoxy) is 2. The van der Waals surface area contributed by atoms with Crippen molar-refractivity contribution in [2.75, 3.05) is 40.4 Å². The maximum Gasteiger partial charge on any atom is 0.243 e. The van der Waals surface area contributed by atoms with Crippen molar-refractivity contribution in [2.45, 2.75) is 11.3 Å². The molecule has 1 fully saturated rings. The first-order chi connectivity index (χ1) is 14.8. The normalized spacial score (nSPS) is 14.8. The van der Waals surface area contributed by atoms with Crippen LogP contribution < -0.4 is 15.2 Å². The van der Waals surface area contributed by atoms with Crippen LogP contribution in [-0.2, 0) is 21.2 Å². The van der Waals surface area contributed by atoms with E-state index in [0.717, 1.165) is 5.56 Å². The van der Waals surface area contributed by atoms with E-state index in [0.29, 0.717) is 30.2 Å². The van der Waals surface area contributed by atoms with Crippen molar-refractivity contribution in [1.29, 1.82) is 5.41 Å². The summed E-state index contributed by atoms with van der Waals surface area (Å²) in [6.07, 6.45) is 0.209. The Labute approximate surface area is 181 Å². The monoisotopic (exact) mass is 446 g/mol. The number of hydrogen-bond donors (Lipinski definition) is 2. The van der Waals surface area contributed by atoms with Crippen molar-refractivity contribution in [3.05, 3.63) is 53.6 Å². The predicted molar refractivity (Wildman–Crippen MR) is 116 cm³/mol. The second-order valence-electron chi connectivity index (χ2n) is 7.09. The Morgan fingerprint density at radius 1 is 1.00 bits per heavy atom. The van der Waals surface area contributed by atoms with Gasteiger partial charge in [-0.1, -0.05) is 24.3 Å². The van der Waals surface area contributed by atoms with Gasteiger partial charge in [-0.15, -0.1) is 0 Å². The number of piperazine rings is 1. The fourth-order valence-electron chi connectivity index (χ4n) is 3.39. The standard InChI is InChI=1S/C21H26N4O5S/c1-29-18-8-7-17(14-19(18)30-2)31(27,28)25-11-9-24(10-12-25)20(26)13-15-3-5-16(6-4-15)21(22)23/h3-8,14H,9-13H2,1-2H3,(H3,22,23). The first-order valence-electron chi connectivity index (χ1n) is 9.69. The maximum atomic E-state index is 13.0. The summed E-state index contributed by atoms with van der Waals surface area (Å²) in [6, 6.07) is 11.4. The number of methoxy groups -OCH3 is 2. The lowest BCUT2D eigenvalue weighted by Crippen LogP contribution is -2.50. The number of rotatable bonds is 7. The van der Waals surface area contributed by atoms with E-state index in [2.05, 4.69) is 0 Å². The smallest absolute Gasteiger partial charge is 0.243 e. The van der Waals surface area contributed by atoms with Crippen molar-refractivity contribution in [3.63, 3.8) is 0 Å². The predicted octanol–water partition coefficient (Wildman–Crippen LogP) is 1.06. The van der Waals surface area contributed by atoms with Crippen LogP contribution in [0, 0.1) is 5.41 Å². The minimum absolute atomic E-state index is 0.0234. The third kappa shape index (κ3) is 4.97. The molecule has 166 valence electrons. The Hall–Kier alpha value is -3.11. The van der Waals surface area contributed by atoms with E-state index in [4.69, 9.17) is 20.6 Å². The van der Waals surface area contributed by atoms with Crippen LogP contribution in [0.5, 0.6) is 11.5 Å². The summed E-state index contributed by atoms with van der Waals surface area (Å²) in [5.74, 6) is 0.699. The fraction of sp³-hybridized carbons (Fsp3) is 0.333. The molecule has 1 aliphatic heterocycles. The molecule has 1 saturated heterocycles. The largest absolute Gasteiger partial charge is 0.493 e. The van der Waals surface area contributed by atoms with Gasteiger partial charge in [-0.25, -0.2) is 8.42 Å². The lowest BCUT2D eigenvalue weighted by molar-refractivity contribution is -0.131. The van der Waals surface area contributed by atoms with Crippen LogP contribution in [0.1, 0.15) is 11.1 Å². The summed E-state index contributed by atoms with van der Waals surface area (Å²) < 4.78 is 37.8. The number of nitrogen functional groups attached to an aromatic ring is 1. The Balaban J connectivity index is 1.63. The molecule has 1 heterocycles. The minimum Gasteiger partial charge on any atom is -0.493 e. The lowest BCUT2D eigenvalue weighted by atomic mass is 10.1. The third-order valence-corrected chi connectivity index (χ3v) is 7.10. The molecule has 0 atom stereocenters. The number of amides is 1. The highest BCUT2D eigenvalue weighted by molar-refractivity contribution is 7.89. The zero-order valence-corrected chi connectivity index (χ0v) is 18.3. The molecule has 1 amide bonds. The van der Waals surface area contributed by atoms with Crippen LogP contribution >= 0.6 is 0 Å². The van der Waals surface area contributed by atoms with Crippen molar-refractivity contribution in [3.8, 4) is 11.5 Å². The van der Waals surface area contributed by atoms with Crippen molar-refractivity contribution in [1.82, 2.24) is 9.21 Å². The summed E-state index contributed by atoms with van der Waals surface area (Å²) in [7, 11) is -0.776. The van der Waals surface area contributed by atoms with Crippen LogP contribution in [0.15, 0.2) is 47.4 Å². The van der Waals surface area contributed by atoms with Crippen LogP contribution in [0.25, 0.3) is 0 Å². The highest BCUT2D eigenvalue weighted by Crippen LogP contribution is 2.30. The zero-order chi connectivity index (χ0) is 22.6. The van der Waals surface area contributed by atoms with Gasteiger partial charge in [0.25, 0.3) is 0 Å². The number of nitrogens with zero attached hydrogens (tertiary/aromatic N) is 2. The number of nitrogens with one attached hydrogen (secondary N) is 1. The van der Waals surface area contributed by atoms with E-state index < -0.39 is 10.0 Å². The quantitative estimate of drug-likeness (QED) is 0.484. The number of sulfonamides is 1. The van der Waals surface area contributed by atoms with E-state index >= 15 is 0 Å². The van der Waals surface area contributed by atoms with Gasteiger partial charge in [0.15, 0.2) is 11.5 Å². The molecule has 9 nitrogen and oxygen atoms in total. The second kappa shape index (κ2) is 9.36. The van der Waals surface area contributed by atoms with E-state index in [1.54, 1.807) is 35.2 Å². The van der Waals surface area contributed by atoms with Gasteiger partial charge in [-0.2, -0.15) is 4.31 Å². The first-order valence-corrected chi connectivity index (χ1v) is 11.1. The van der Waals surface area contributed by atoms with Gasteiger partial charge in [-0.05, 0) is 17.7 Å². The molecule has 2 aromatic rings. The van der Waals surface area contributed by atoms with Crippen molar-refractivity contribution >= 4 is 21.8 Å². The Bertz CT molecular complexity index is 1060. The maximum absolute atomic E-state index is 13.0. The van der Waals surface area contributed by atoms with Gasteiger partial charge in [0.05, 0.1) is 25.5 Å². The molecule has 2 aromatic carbocycles. The zero-order valence-electron chi connectivity index (χ0n) is 17.5. The number of benzene rings is 2. The highest BCUT2D eigenvalue weighted by Gasteiger charge is 2.30. The molecule has 0 radical (unpaired) electrons. The molecular formula is C21H26N4O5S. The molecular weight excluding hydrogens is 420 g/mol. The SMILES string of the molecule is COc1ccc(S(=O)(=O)N2CCN(C(=O)Cc3ccc(C(=N)N)cc3)CC2)cc1OC. The molecule has 31 heavy (non-hydrogen) atoms. The summed E-state index contributed by atoms with van der Waals surface area (Å²) in [6.45, 7) is 1.06. The van der Waals surface area contributed by atoms with Gasteiger partial charge < -0.3 is 20.1 Å². The summed E-state index contributed by atoms with van der Waals surface area (Å²) >= 11 is 0. The average Bonchev–Trinajstić information content (AvgIpc) is 2.78. The first kappa shape index (κ1) is 22.6. The lowest BCUT2D eigenvalue weighted by Gasteiger charge is -2.34. The van der Waals surface area contributed by atoms with Gasteiger partial charge in [0.2, 0.25) is 15.9 Å². The molecule has 3 rings (SSSR count). The Morgan fingerprint density at radius 2 is 1.61 bits per heavy atom. The molecule has 0 aliphatic carbocycles. The summed E-state index contributed by atoms with van der Waals surface area (Å²) in [5.41, 5.74) is 6.86. The molecule has 1 aliphatic rings. The molecule has 0 spiro atoms. The summed E-state index contributed by atoms with van der Waals surface area (Å²) in [4.78, 5) is 14.4. The Morgan fingerprint density at radius 3 is 2.16 bits per heavy atom. The molecule has 3 N–H and O–H groups in total. The van der Waals surface area contributed by atoms with E-state index in [1.165, 1.54) is 30.7 Å². The van der Waals surface area contributed by atoms with Crippen LogP contribution in [0.3, 0.4) is 0 Å².